The Hall–Kier alpha value is -0.630. The molecule has 6 saturated carbocycles. The van der Waals surface area contributed by atoms with E-state index in [-0.39, 0.29) is 29.3 Å². The van der Waals surface area contributed by atoms with Crippen molar-refractivity contribution in [3.63, 3.8) is 0 Å². The molecule has 0 aromatic heterocycles. The Bertz CT molecular complexity index is 1280. The third-order valence-corrected chi connectivity index (χ3v) is 19.3. The van der Waals surface area contributed by atoms with Crippen LogP contribution in [0.2, 0.25) is 0 Å². The van der Waals surface area contributed by atoms with Crippen molar-refractivity contribution in [2.75, 3.05) is 32.7 Å². The maximum Gasteiger partial charge on any atom is 0.309 e. The van der Waals surface area contributed by atoms with Crippen LogP contribution in [0, 0.1) is 63.1 Å². The normalized spacial score (nSPS) is 47.3. The van der Waals surface area contributed by atoms with Gasteiger partial charge in [0, 0.05) is 55.5 Å². The minimum absolute atomic E-state index is 0.0204. The number of rotatable bonds is 10. The van der Waals surface area contributed by atoms with Crippen LogP contribution in [-0.4, -0.2) is 77.1 Å². The highest BCUT2D eigenvalue weighted by atomic mass is 32.2. The van der Waals surface area contributed by atoms with E-state index in [1.54, 1.807) is 0 Å². The molecule has 0 bridgehead atoms. The Morgan fingerprint density at radius 2 is 1.63 bits per heavy atom. The van der Waals surface area contributed by atoms with Crippen LogP contribution in [0.25, 0.3) is 0 Å². The second-order valence-electron chi connectivity index (χ2n) is 20.7. The maximum absolute atomic E-state index is 13.4. The van der Waals surface area contributed by atoms with E-state index in [0.29, 0.717) is 51.3 Å². The van der Waals surface area contributed by atoms with Gasteiger partial charge in [-0.25, -0.2) is 4.31 Å². The van der Waals surface area contributed by atoms with Gasteiger partial charge in [-0.3, -0.25) is 9.69 Å². The largest absolute Gasteiger partial charge is 0.462 e. The lowest BCUT2D eigenvalue weighted by molar-refractivity contribution is -0.232. The monoisotopic (exact) mass is 726 g/mol. The Labute approximate surface area is 316 Å². The third-order valence-electron chi connectivity index (χ3n) is 18.3. The molecule has 7 rings (SSSR count). The number of piperazine rings is 1. The van der Waals surface area contributed by atoms with Crippen LogP contribution in [0.3, 0.4) is 0 Å². The molecule has 6 nitrogen and oxygen atoms in total. The summed E-state index contributed by atoms with van der Waals surface area (Å²) in [5, 5.41) is 5.08. The fraction of sp³-hybridized carbons (Fsp3) is 0.955. The number of hydrogen-bond donors (Lipinski definition) is 1. The van der Waals surface area contributed by atoms with E-state index >= 15 is 0 Å². The van der Waals surface area contributed by atoms with E-state index in [0.717, 1.165) is 37.0 Å². The van der Waals surface area contributed by atoms with Crippen molar-refractivity contribution in [3.05, 3.63) is 0 Å². The van der Waals surface area contributed by atoms with Crippen LogP contribution >= 0.6 is 11.9 Å². The van der Waals surface area contributed by atoms with Crippen molar-refractivity contribution >= 4 is 24.2 Å². The van der Waals surface area contributed by atoms with Crippen LogP contribution < -0.4 is 5.32 Å². The minimum Gasteiger partial charge on any atom is -0.462 e. The lowest BCUT2D eigenvalue weighted by atomic mass is 9.34. The van der Waals surface area contributed by atoms with Gasteiger partial charge in [-0.2, -0.15) is 0 Å². The van der Waals surface area contributed by atoms with E-state index < -0.39 is 0 Å². The number of aldehydes is 1. The molecule has 12 unspecified atom stereocenters. The first kappa shape index (κ1) is 38.6. The van der Waals surface area contributed by atoms with E-state index in [9.17, 15) is 9.59 Å². The van der Waals surface area contributed by atoms with E-state index in [2.05, 4.69) is 76.8 Å². The van der Waals surface area contributed by atoms with Crippen LogP contribution in [0.1, 0.15) is 146 Å². The topological polar surface area (TPSA) is 61.9 Å². The lowest BCUT2D eigenvalue weighted by Gasteiger charge is -2.72. The number of ether oxygens (including phenoxy) is 1. The highest BCUT2D eigenvalue weighted by Crippen LogP contribution is 2.75. The van der Waals surface area contributed by atoms with Crippen LogP contribution in [0.5, 0.6) is 0 Å². The van der Waals surface area contributed by atoms with Crippen molar-refractivity contribution in [1.29, 1.82) is 0 Å². The molecule has 7 heteroatoms. The summed E-state index contributed by atoms with van der Waals surface area (Å²) in [7, 11) is 0. The average molecular weight is 726 g/mol. The molecule has 0 radical (unpaired) electrons. The molecule has 1 saturated heterocycles. The molecule has 0 aromatic rings. The second kappa shape index (κ2) is 14.1. The third kappa shape index (κ3) is 6.23. The quantitative estimate of drug-likeness (QED) is 0.137. The summed E-state index contributed by atoms with van der Waals surface area (Å²) in [6.45, 7) is 27.7. The van der Waals surface area contributed by atoms with Crippen molar-refractivity contribution in [3.8, 4) is 0 Å². The summed E-state index contributed by atoms with van der Waals surface area (Å²) in [5.74, 6) is 3.21. The molecule has 1 N–H and O–H groups in total. The molecule has 13 atom stereocenters. The van der Waals surface area contributed by atoms with Gasteiger partial charge in [0.25, 0.3) is 0 Å². The summed E-state index contributed by atoms with van der Waals surface area (Å²) < 4.78 is 8.99. The first-order valence-corrected chi connectivity index (χ1v) is 22.5. The van der Waals surface area contributed by atoms with Gasteiger partial charge < -0.3 is 14.8 Å². The minimum atomic E-state index is -0.279. The number of carbonyl (C=O) groups excluding carboxylic acids is 2. The molecule has 0 aromatic carbocycles. The van der Waals surface area contributed by atoms with Crippen LogP contribution in [-0.2, 0) is 14.3 Å². The molecule has 51 heavy (non-hydrogen) atoms. The van der Waals surface area contributed by atoms with Gasteiger partial charge in [0.1, 0.15) is 12.4 Å². The predicted octanol–water partition coefficient (Wildman–Crippen LogP) is 9.02. The number of fused-ring (bicyclic) bond motifs is 7. The number of carbonyl (C=O) groups is 2. The molecule has 1 heterocycles. The summed E-state index contributed by atoms with van der Waals surface area (Å²) in [6.07, 6.45) is 17.5. The molecule has 6 aliphatic carbocycles. The number of esters is 1. The lowest BCUT2D eigenvalue weighted by Crippen LogP contribution is -2.68. The van der Waals surface area contributed by atoms with Crippen molar-refractivity contribution < 1.29 is 14.3 Å². The molecule has 0 amide bonds. The molecule has 7 aliphatic rings. The second-order valence-corrected chi connectivity index (χ2v) is 22.3. The van der Waals surface area contributed by atoms with E-state index in [4.69, 9.17) is 4.74 Å². The smallest absolute Gasteiger partial charge is 0.309 e. The zero-order valence-corrected chi connectivity index (χ0v) is 34.9. The Balaban J connectivity index is 1.01. The molecule has 1 aliphatic heterocycles. The average Bonchev–Trinajstić information content (AvgIpc) is 3.51. The summed E-state index contributed by atoms with van der Waals surface area (Å²) >= 11 is 2.04. The van der Waals surface area contributed by atoms with Crippen molar-refractivity contribution in [1.82, 2.24) is 14.5 Å². The molecule has 290 valence electrons. The predicted molar refractivity (Wildman–Crippen MR) is 210 cm³/mol. The first-order valence-electron chi connectivity index (χ1n) is 21.7. The maximum atomic E-state index is 13.4. The number of nitrogens with zero attached hydrogens (tertiary/aromatic N) is 2. The van der Waals surface area contributed by atoms with E-state index in [1.165, 1.54) is 96.8 Å². The SMILES string of the molecule is CCC(CNC12CCCC1C1CCC3C4(C)CCC(OC(=O)C5CC(C=O)C5(C)C)C(C)C4CCC3(C)[C@]1(C)CC2)N1CCN(SC(C)C)CC1. The Kier molecular flexibility index (Phi) is 10.7. The molecular weight excluding hydrogens is 651 g/mol. The Morgan fingerprint density at radius 3 is 2.29 bits per heavy atom. The van der Waals surface area contributed by atoms with Crippen molar-refractivity contribution in [2.24, 2.45) is 63.1 Å². The van der Waals surface area contributed by atoms with Gasteiger partial charge in [0.05, 0.1) is 5.92 Å². The zero-order valence-electron chi connectivity index (χ0n) is 34.1. The summed E-state index contributed by atoms with van der Waals surface area (Å²) in [6, 6.07) is 0.647. The molecule has 7 fully saturated rings. The van der Waals surface area contributed by atoms with Gasteiger partial charge in [-0.15, -0.1) is 0 Å². The number of nitrogens with one attached hydrogen (secondary N) is 1. The van der Waals surface area contributed by atoms with Gasteiger partial charge >= 0.3 is 5.97 Å². The van der Waals surface area contributed by atoms with Gasteiger partial charge in [-0.1, -0.05) is 80.7 Å². The van der Waals surface area contributed by atoms with E-state index in [1.807, 2.05) is 11.9 Å². The molecular formula is C44H75N3O3S. The van der Waals surface area contributed by atoms with Gasteiger partial charge in [0.2, 0.25) is 0 Å². The van der Waals surface area contributed by atoms with Gasteiger partial charge in [-0.05, 0) is 128 Å². The summed E-state index contributed by atoms with van der Waals surface area (Å²) in [4.78, 5) is 27.8. The fourth-order valence-electron chi connectivity index (χ4n) is 14.8. The highest BCUT2D eigenvalue weighted by molar-refractivity contribution is 7.97. The molecule has 0 spiro atoms. The first-order chi connectivity index (χ1) is 24.1. The zero-order chi connectivity index (χ0) is 36.6. The van der Waals surface area contributed by atoms with Gasteiger partial charge in [0.15, 0.2) is 0 Å². The highest BCUT2D eigenvalue weighted by Gasteiger charge is 2.69. The van der Waals surface area contributed by atoms with Crippen LogP contribution in [0.15, 0.2) is 0 Å². The van der Waals surface area contributed by atoms with Crippen molar-refractivity contribution in [2.45, 2.75) is 169 Å². The standard InChI is InChI=1S/C44H75N3O3S/c1-10-32(46-22-24-47(25-23-46)51-29(2)3)27-45-44-17-11-12-35(44)34-13-14-38-41(7)18-16-37(50-39(49)36-26-31(28-48)40(36,5)6)30(4)33(41)15-19-43(38,9)42(34,8)20-21-44/h28-38,45H,10-27H2,1-9H3/t30?,31?,32?,33?,34?,35?,36?,37?,38?,41?,42-,43?,44?/m1/s1. The van der Waals surface area contributed by atoms with Crippen LogP contribution in [0.4, 0.5) is 0 Å². The fourth-order valence-corrected chi connectivity index (χ4v) is 15.7. The summed E-state index contributed by atoms with van der Waals surface area (Å²) in [5.41, 5.74) is 1.15. The Morgan fingerprint density at radius 1 is 0.882 bits per heavy atom. The number of hydrogen-bond acceptors (Lipinski definition) is 7.